The largest absolute Gasteiger partial charge is 0.457 e. The van der Waals surface area contributed by atoms with Crippen molar-refractivity contribution in [1.29, 1.82) is 5.26 Å². The summed E-state index contributed by atoms with van der Waals surface area (Å²) in [5, 5.41) is 14.4. The molecule has 6 rings (SSSR count). The van der Waals surface area contributed by atoms with Crippen molar-refractivity contribution in [1.82, 2.24) is 5.32 Å². The van der Waals surface area contributed by atoms with Gasteiger partial charge in [0.15, 0.2) is 0 Å². The predicted molar refractivity (Wildman–Crippen MR) is 161 cm³/mol. The monoisotopic (exact) mass is 649 g/mol. The third kappa shape index (κ3) is 4.50. The molecule has 0 unspecified atom stereocenters. The molecule has 2 heterocycles. The van der Waals surface area contributed by atoms with E-state index in [0.29, 0.717) is 16.3 Å². The number of nitriles is 1. The number of hydrogen-bond donors (Lipinski definition) is 1. The van der Waals surface area contributed by atoms with Gasteiger partial charge >= 0.3 is 0 Å². The first-order valence-electron chi connectivity index (χ1n) is 12.3. The smallest absolute Gasteiger partial charge is 0.132 e. The first-order valence-corrected chi connectivity index (χ1v) is 14.1. The summed E-state index contributed by atoms with van der Waals surface area (Å²) in [5.74, 6) is 1.56. The van der Waals surface area contributed by atoms with Gasteiger partial charge in [-0.05, 0) is 113 Å². The Bertz CT molecular complexity index is 1600. The molecule has 4 aromatic rings. The topological polar surface area (TPSA) is 57.4 Å². The Morgan fingerprint density at radius 1 is 0.974 bits per heavy atom. The summed E-state index contributed by atoms with van der Waals surface area (Å²) < 4.78 is 7.56. The lowest BCUT2D eigenvalue weighted by atomic mass is 9.60. The molecule has 0 aromatic heterocycles. The average Bonchev–Trinajstić information content (AvgIpc) is 3.28. The number of halogens is 3. The first kappa shape index (κ1) is 25.4. The van der Waals surface area contributed by atoms with Gasteiger partial charge in [0, 0.05) is 31.3 Å². The van der Waals surface area contributed by atoms with Gasteiger partial charge in [-0.25, -0.2) is 0 Å². The maximum Gasteiger partial charge on any atom is 0.132 e. The fourth-order valence-corrected chi connectivity index (χ4v) is 6.69. The van der Waals surface area contributed by atoms with E-state index in [4.69, 9.17) is 32.9 Å². The molecule has 0 amide bonds. The molecule has 1 saturated heterocycles. The Morgan fingerprint density at radius 2 is 1.79 bits per heavy atom. The highest BCUT2D eigenvalue weighted by molar-refractivity contribution is 14.1. The number of nitrogens with zero attached hydrogens (tertiary/aromatic N) is 2. The Hall–Kier alpha value is -2.89. The van der Waals surface area contributed by atoms with Gasteiger partial charge in [-0.15, -0.1) is 0 Å². The van der Waals surface area contributed by atoms with Gasteiger partial charge in [0.05, 0.1) is 28.8 Å². The standard InChI is InChI=1S/C31H22Cl2IN3O/c32-21-3-1-2-20(14-21)26-12-13-36-30(31(26)18-37-28-15-22(33)6-10-27(28)31)25-16-23(34)7-11-29(25)38-24-8-4-19(17-35)5-9-24/h1-11,14-16,18,26,30,36H,12-13H2/t26-,30-,31-/m0/s1. The highest BCUT2D eigenvalue weighted by Gasteiger charge is 2.53. The summed E-state index contributed by atoms with van der Waals surface area (Å²) in [4.78, 5) is 4.91. The van der Waals surface area contributed by atoms with E-state index in [1.165, 1.54) is 5.56 Å². The van der Waals surface area contributed by atoms with Crippen LogP contribution in [0.1, 0.15) is 40.6 Å². The lowest BCUT2D eigenvalue weighted by Gasteiger charge is -2.47. The minimum absolute atomic E-state index is 0.124. The third-order valence-corrected chi connectivity index (χ3v) is 8.57. The zero-order chi connectivity index (χ0) is 26.3. The summed E-state index contributed by atoms with van der Waals surface area (Å²) in [6.07, 6.45) is 3.02. The summed E-state index contributed by atoms with van der Waals surface area (Å²) in [6.45, 7) is 0.822. The molecule has 7 heteroatoms. The number of rotatable bonds is 4. The van der Waals surface area contributed by atoms with Crippen LogP contribution in [0.15, 0.2) is 89.9 Å². The second-order valence-corrected chi connectivity index (χ2v) is 11.7. The molecular weight excluding hydrogens is 628 g/mol. The van der Waals surface area contributed by atoms with E-state index in [0.717, 1.165) is 44.1 Å². The van der Waals surface area contributed by atoms with Crippen molar-refractivity contribution in [3.63, 3.8) is 0 Å². The van der Waals surface area contributed by atoms with Crippen LogP contribution in [0, 0.1) is 14.9 Å². The summed E-state index contributed by atoms with van der Waals surface area (Å²) in [5.41, 5.74) is 4.34. The average molecular weight is 650 g/mol. The quantitative estimate of drug-likeness (QED) is 0.225. The van der Waals surface area contributed by atoms with E-state index >= 15 is 0 Å². The zero-order valence-corrected chi connectivity index (χ0v) is 23.8. The molecule has 4 aromatic carbocycles. The van der Waals surface area contributed by atoms with Gasteiger partial charge in [0.25, 0.3) is 0 Å². The molecule has 1 N–H and O–H groups in total. The minimum Gasteiger partial charge on any atom is -0.457 e. The van der Waals surface area contributed by atoms with Crippen LogP contribution in [-0.2, 0) is 5.41 Å². The van der Waals surface area contributed by atoms with Gasteiger partial charge < -0.3 is 10.1 Å². The van der Waals surface area contributed by atoms with Gasteiger partial charge in [0.1, 0.15) is 11.5 Å². The Kier molecular flexibility index (Phi) is 6.92. The van der Waals surface area contributed by atoms with Crippen LogP contribution in [0.5, 0.6) is 11.5 Å². The summed E-state index contributed by atoms with van der Waals surface area (Å²) in [7, 11) is 0. The molecule has 38 heavy (non-hydrogen) atoms. The molecule has 0 radical (unpaired) electrons. The lowest BCUT2D eigenvalue weighted by Crippen LogP contribution is -2.51. The number of aliphatic imine (C=N–C) groups is 1. The fraction of sp³-hybridized carbons (Fsp3) is 0.161. The van der Waals surface area contributed by atoms with Crippen molar-refractivity contribution >= 4 is 57.7 Å². The number of fused-ring (bicyclic) bond motifs is 2. The lowest BCUT2D eigenvalue weighted by molar-refractivity contribution is 0.265. The SMILES string of the molecule is N#Cc1ccc(Oc2ccc(I)cc2[C@@H]2NCC[C@@H](c3cccc(Cl)c3)[C@]23C=Nc2cc(Cl)ccc23)cc1. The molecule has 2 aliphatic heterocycles. The highest BCUT2D eigenvalue weighted by Crippen LogP contribution is 2.57. The van der Waals surface area contributed by atoms with Crippen LogP contribution >= 0.6 is 45.8 Å². The van der Waals surface area contributed by atoms with E-state index in [9.17, 15) is 5.26 Å². The normalized spacial score (nSPS) is 21.7. The maximum absolute atomic E-state index is 9.19. The van der Waals surface area contributed by atoms with Crippen LogP contribution in [-0.4, -0.2) is 12.8 Å². The van der Waals surface area contributed by atoms with Crippen molar-refractivity contribution < 1.29 is 4.74 Å². The van der Waals surface area contributed by atoms with E-state index in [-0.39, 0.29) is 12.0 Å². The van der Waals surface area contributed by atoms with Crippen LogP contribution in [0.3, 0.4) is 0 Å². The number of benzene rings is 4. The van der Waals surface area contributed by atoms with Gasteiger partial charge in [-0.2, -0.15) is 5.26 Å². The molecule has 1 spiro atoms. The third-order valence-electron chi connectivity index (χ3n) is 7.42. The van der Waals surface area contributed by atoms with Crippen LogP contribution in [0.4, 0.5) is 5.69 Å². The molecule has 2 aliphatic rings. The molecule has 0 saturated carbocycles. The van der Waals surface area contributed by atoms with Gasteiger partial charge in [-0.3, -0.25) is 4.99 Å². The first-order chi connectivity index (χ1) is 18.5. The molecule has 0 aliphatic carbocycles. The molecule has 1 fully saturated rings. The summed E-state index contributed by atoms with van der Waals surface area (Å²) in [6, 6.07) is 29.6. The maximum atomic E-state index is 9.19. The second-order valence-electron chi connectivity index (χ2n) is 9.56. The Labute approximate surface area is 245 Å². The summed E-state index contributed by atoms with van der Waals surface area (Å²) >= 11 is 15.2. The number of nitrogens with one attached hydrogen (secondary N) is 1. The van der Waals surface area contributed by atoms with Crippen molar-refractivity contribution in [2.24, 2.45) is 4.99 Å². The molecule has 188 valence electrons. The Morgan fingerprint density at radius 3 is 2.58 bits per heavy atom. The molecule has 3 atom stereocenters. The van der Waals surface area contributed by atoms with E-state index in [2.05, 4.69) is 64.5 Å². The molecular formula is C31H22Cl2IN3O. The van der Waals surface area contributed by atoms with Crippen LogP contribution in [0.25, 0.3) is 0 Å². The number of ether oxygens (including phenoxy) is 1. The van der Waals surface area contributed by atoms with Crippen molar-refractivity contribution in [3.05, 3.63) is 121 Å². The number of piperidine rings is 1. The molecule has 0 bridgehead atoms. The van der Waals surface area contributed by atoms with E-state index < -0.39 is 5.41 Å². The van der Waals surface area contributed by atoms with E-state index in [1.807, 2.05) is 48.5 Å². The highest BCUT2D eigenvalue weighted by atomic mass is 127. The van der Waals surface area contributed by atoms with E-state index in [1.54, 1.807) is 12.1 Å². The van der Waals surface area contributed by atoms with Crippen LogP contribution < -0.4 is 10.1 Å². The van der Waals surface area contributed by atoms with Crippen molar-refractivity contribution in [2.45, 2.75) is 23.8 Å². The zero-order valence-electron chi connectivity index (χ0n) is 20.2. The minimum atomic E-state index is -0.490. The number of hydrogen-bond acceptors (Lipinski definition) is 4. The fourth-order valence-electron chi connectivity index (χ4n) is 5.81. The Balaban J connectivity index is 1.52. The van der Waals surface area contributed by atoms with Crippen molar-refractivity contribution in [3.8, 4) is 17.6 Å². The van der Waals surface area contributed by atoms with Gasteiger partial charge in [-0.1, -0.05) is 41.4 Å². The van der Waals surface area contributed by atoms with Crippen LogP contribution in [0.2, 0.25) is 10.0 Å². The second kappa shape index (κ2) is 10.3. The van der Waals surface area contributed by atoms with Crippen molar-refractivity contribution in [2.75, 3.05) is 6.54 Å². The predicted octanol–water partition coefficient (Wildman–Crippen LogP) is 8.73. The van der Waals surface area contributed by atoms with Gasteiger partial charge in [0.2, 0.25) is 0 Å². The molecule has 4 nitrogen and oxygen atoms in total.